The molecule has 0 unspecified atom stereocenters. The Kier molecular flexibility index (Phi) is 4.38. The SMILES string of the molecule is CC1(C)CCC(NCc2cccc([N+](=O)[O-])c2F)CC1. The second kappa shape index (κ2) is 5.87. The van der Waals surface area contributed by atoms with E-state index in [0.29, 0.717) is 23.6 Å². The maximum absolute atomic E-state index is 13.9. The Morgan fingerprint density at radius 3 is 2.65 bits per heavy atom. The Morgan fingerprint density at radius 1 is 1.40 bits per heavy atom. The van der Waals surface area contributed by atoms with Gasteiger partial charge in [0, 0.05) is 24.2 Å². The average molecular weight is 280 g/mol. The van der Waals surface area contributed by atoms with E-state index in [1.54, 1.807) is 6.07 Å². The fourth-order valence-electron chi connectivity index (χ4n) is 2.70. The van der Waals surface area contributed by atoms with Gasteiger partial charge in [-0.25, -0.2) is 0 Å². The van der Waals surface area contributed by atoms with Crippen LogP contribution in [-0.4, -0.2) is 11.0 Å². The molecule has 1 saturated carbocycles. The van der Waals surface area contributed by atoms with E-state index in [4.69, 9.17) is 0 Å². The zero-order valence-corrected chi connectivity index (χ0v) is 12.0. The van der Waals surface area contributed by atoms with Crippen LogP contribution in [0.5, 0.6) is 0 Å². The van der Waals surface area contributed by atoms with Gasteiger partial charge in [0.15, 0.2) is 0 Å². The molecule has 0 aromatic heterocycles. The topological polar surface area (TPSA) is 55.2 Å². The minimum absolute atomic E-state index is 0.346. The molecule has 0 spiro atoms. The average Bonchev–Trinajstić information content (AvgIpc) is 2.38. The van der Waals surface area contributed by atoms with Gasteiger partial charge in [-0.3, -0.25) is 10.1 Å². The molecule has 1 fully saturated rings. The lowest BCUT2D eigenvalue weighted by molar-refractivity contribution is -0.387. The molecular formula is C15H21FN2O2. The third-order valence-corrected chi connectivity index (χ3v) is 4.18. The Hall–Kier alpha value is -1.49. The molecule has 1 N–H and O–H groups in total. The van der Waals surface area contributed by atoms with Crippen molar-refractivity contribution >= 4 is 5.69 Å². The van der Waals surface area contributed by atoms with Crippen molar-refractivity contribution in [1.82, 2.24) is 5.32 Å². The number of nitro groups is 1. The summed E-state index contributed by atoms with van der Waals surface area (Å²) in [6.45, 7) is 4.88. The third-order valence-electron chi connectivity index (χ3n) is 4.18. The van der Waals surface area contributed by atoms with E-state index in [1.165, 1.54) is 12.1 Å². The molecule has 0 atom stereocenters. The molecule has 1 aromatic rings. The Morgan fingerprint density at radius 2 is 2.05 bits per heavy atom. The molecule has 0 saturated heterocycles. The first-order chi connectivity index (χ1) is 9.39. The van der Waals surface area contributed by atoms with Crippen LogP contribution in [0, 0.1) is 21.3 Å². The van der Waals surface area contributed by atoms with Gasteiger partial charge in [0.1, 0.15) is 0 Å². The van der Waals surface area contributed by atoms with Gasteiger partial charge in [0.25, 0.3) is 0 Å². The molecule has 110 valence electrons. The van der Waals surface area contributed by atoms with Gasteiger partial charge in [-0.2, -0.15) is 4.39 Å². The second-order valence-electron chi connectivity index (χ2n) is 6.33. The van der Waals surface area contributed by atoms with Crippen molar-refractivity contribution in [2.24, 2.45) is 5.41 Å². The second-order valence-corrected chi connectivity index (χ2v) is 6.33. The van der Waals surface area contributed by atoms with Crippen LogP contribution in [0.2, 0.25) is 0 Å². The maximum Gasteiger partial charge on any atom is 0.305 e. The molecule has 0 aliphatic heterocycles. The first-order valence-corrected chi connectivity index (χ1v) is 7.04. The number of hydrogen-bond donors (Lipinski definition) is 1. The summed E-state index contributed by atoms with van der Waals surface area (Å²) in [5.74, 6) is -0.721. The molecule has 0 amide bonds. The van der Waals surface area contributed by atoms with E-state index in [-0.39, 0.29) is 0 Å². The zero-order chi connectivity index (χ0) is 14.8. The number of rotatable bonds is 4. The number of nitro benzene ring substituents is 1. The zero-order valence-electron chi connectivity index (χ0n) is 12.0. The van der Waals surface area contributed by atoms with Crippen LogP contribution in [-0.2, 0) is 6.54 Å². The van der Waals surface area contributed by atoms with Crippen LogP contribution in [0.1, 0.15) is 45.1 Å². The minimum atomic E-state index is -0.721. The molecule has 2 rings (SSSR count). The highest BCUT2D eigenvalue weighted by atomic mass is 19.1. The van der Waals surface area contributed by atoms with Crippen molar-refractivity contribution < 1.29 is 9.31 Å². The Balaban J connectivity index is 1.95. The predicted octanol–water partition coefficient (Wildman–Crippen LogP) is 3.79. The molecule has 5 heteroatoms. The van der Waals surface area contributed by atoms with Gasteiger partial charge < -0.3 is 5.32 Å². The van der Waals surface area contributed by atoms with E-state index in [0.717, 1.165) is 25.7 Å². The fourth-order valence-corrected chi connectivity index (χ4v) is 2.70. The van der Waals surface area contributed by atoms with Gasteiger partial charge in [-0.15, -0.1) is 0 Å². The molecule has 0 bridgehead atoms. The van der Waals surface area contributed by atoms with Crippen molar-refractivity contribution in [3.05, 3.63) is 39.7 Å². The molecule has 4 nitrogen and oxygen atoms in total. The lowest BCUT2D eigenvalue weighted by Crippen LogP contribution is -2.35. The highest BCUT2D eigenvalue weighted by molar-refractivity contribution is 5.36. The van der Waals surface area contributed by atoms with E-state index in [2.05, 4.69) is 19.2 Å². The van der Waals surface area contributed by atoms with E-state index >= 15 is 0 Å². The summed E-state index contributed by atoms with van der Waals surface area (Å²) in [7, 11) is 0. The van der Waals surface area contributed by atoms with E-state index < -0.39 is 16.4 Å². The minimum Gasteiger partial charge on any atom is -0.310 e. The lowest BCUT2D eigenvalue weighted by atomic mass is 9.75. The first-order valence-electron chi connectivity index (χ1n) is 7.04. The van der Waals surface area contributed by atoms with Gasteiger partial charge in [-0.1, -0.05) is 26.0 Å². The highest BCUT2D eigenvalue weighted by Crippen LogP contribution is 2.35. The van der Waals surface area contributed by atoms with Gasteiger partial charge in [-0.05, 0) is 31.1 Å². The van der Waals surface area contributed by atoms with Crippen LogP contribution in [0.25, 0.3) is 0 Å². The monoisotopic (exact) mass is 280 g/mol. The summed E-state index contributed by atoms with van der Waals surface area (Å²) in [5, 5.41) is 14.0. The smallest absolute Gasteiger partial charge is 0.305 e. The van der Waals surface area contributed by atoms with Crippen molar-refractivity contribution in [3.63, 3.8) is 0 Å². The number of benzene rings is 1. The van der Waals surface area contributed by atoms with Crippen LogP contribution < -0.4 is 5.32 Å². The normalized spacial score (nSPS) is 18.9. The summed E-state index contributed by atoms with van der Waals surface area (Å²) in [6.07, 6.45) is 4.46. The number of hydrogen-bond acceptors (Lipinski definition) is 3. The molecule has 1 aliphatic carbocycles. The summed E-state index contributed by atoms with van der Waals surface area (Å²) in [5.41, 5.74) is 0.313. The molecule has 0 heterocycles. The van der Waals surface area contributed by atoms with Gasteiger partial charge in [0.2, 0.25) is 5.82 Å². The largest absolute Gasteiger partial charge is 0.310 e. The van der Waals surface area contributed by atoms with Crippen LogP contribution in [0.15, 0.2) is 18.2 Å². The maximum atomic E-state index is 13.9. The summed E-state index contributed by atoms with van der Waals surface area (Å²) < 4.78 is 13.9. The fraction of sp³-hybridized carbons (Fsp3) is 0.600. The van der Waals surface area contributed by atoms with Crippen LogP contribution in [0.4, 0.5) is 10.1 Å². The van der Waals surface area contributed by atoms with Crippen molar-refractivity contribution in [2.45, 2.75) is 52.1 Å². The molecular weight excluding hydrogens is 259 g/mol. The lowest BCUT2D eigenvalue weighted by Gasteiger charge is -2.34. The Bertz CT molecular complexity index is 493. The summed E-state index contributed by atoms with van der Waals surface area (Å²) in [6, 6.07) is 4.70. The van der Waals surface area contributed by atoms with Gasteiger partial charge >= 0.3 is 5.69 Å². The van der Waals surface area contributed by atoms with Crippen molar-refractivity contribution in [2.75, 3.05) is 0 Å². The Labute approximate surface area is 118 Å². The number of nitrogens with one attached hydrogen (secondary N) is 1. The summed E-state index contributed by atoms with van der Waals surface area (Å²) in [4.78, 5) is 10.0. The third kappa shape index (κ3) is 3.54. The summed E-state index contributed by atoms with van der Waals surface area (Å²) >= 11 is 0. The van der Waals surface area contributed by atoms with Crippen molar-refractivity contribution in [1.29, 1.82) is 0 Å². The van der Waals surface area contributed by atoms with Crippen molar-refractivity contribution in [3.8, 4) is 0 Å². The standard InChI is InChI=1S/C15H21FN2O2/c1-15(2)8-6-12(7-9-15)17-10-11-4-3-5-13(14(11)16)18(19)20/h3-5,12,17H,6-10H2,1-2H3. The van der Waals surface area contributed by atoms with E-state index in [9.17, 15) is 14.5 Å². The number of nitrogens with zero attached hydrogens (tertiary/aromatic N) is 1. The van der Waals surface area contributed by atoms with Crippen LogP contribution >= 0.6 is 0 Å². The molecule has 1 aromatic carbocycles. The first kappa shape index (κ1) is 14.9. The quantitative estimate of drug-likeness (QED) is 0.674. The van der Waals surface area contributed by atoms with E-state index in [1.807, 2.05) is 0 Å². The predicted molar refractivity (Wildman–Crippen MR) is 75.9 cm³/mol. The molecule has 1 aliphatic rings. The highest BCUT2D eigenvalue weighted by Gasteiger charge is 2.26. The van der Waals surface area contributed by atoms with Crippen LogP contribution in [0.3, 0.4) is 0 Å². The molecule has 0 radical (unpaired) electrons. The number of halogens is 1. The van der Waals surface area contributed by atoms with Gasteiger partial charge in [0.05, 0.1) is 4.92 Å². The molecule has 20 heavy (non-hydrogen) atoms.